The number of hydrogen-bond donors (Lipinski definition) is 3. The van der Waals surface area contributed by atoms with Crippen LogP contribution in [0.2, 0.25) is 0 Å². The molecule has 0 aliphatic heterocycles. The zero-order valence-electron chi connectivity index (χ0n) is 18.0. The van der Waals surface area contributed by atoms with Crippen LogP contribution in [-0.4, -0.2) is 57.0 Å². The molecule has 1 rings (SSSR count). The summed E-state index contributed by atoms with van der Waals surface area (Å²) in [6.45, 7) is 13.9. The van der Waals surface area contributed by atoms with Crippen LogP contribution in [0.25, 0.3) is 0 Å². The second kappa shape index (κ2) is 12.1. The van der Waals surface area contributed by atoms with Crippen molar-refractivity contribution >= 4 is 12.1 Å². The zero-order chi connectivity index (χ0) is 20.2. The molecule has 0 bridgehead atoms. The highest BCUT2D eigenvalue weighted by atomic mass is 16.6. The Hall–Kier alpha value is -1.50. The lowest BCUT2D eigenvalue weighted by atomic mass is 9.83. The van der Waals surface area contributed by atoms with Gasteiger partial charge in [-0.15, -0.1) is 0 Å². The minimum absolute atomic E-state index is 0.270. The Morgan fingerprint density at radius 1 is 1.07 bits per heavy atom. The standard InChI is InChI=1S/C20H40N4O3/c1-6-21-17(22-13-14-23-18(25)27-19(3,4)5)24-16-20(10-8-9-11-20)12-15-26-7-2/h6-16H2,1-5H3,(H,23,25)(H2,21,22,24). The Bertz CT molecular complexity index is 455. The van der Waals surface area contributed by atoms with Gasteiger partial charge in [0.05, 0.1) is 0 Å². The van der Waals surface area contributed by atoms with E-state index in [1.54, 1.807) is 0 Å². The summed E-state index contributed by atoms with van der Waals surface area (Å²) in [6.07, 6.45) is 5.69. The van der Waals surface area contributed by atoms with Crippen molar-refractivity contribution in [1.82, 2.24) is 16.0 Å². The molecule has 0 radical (unpaired) electrons. The van der Waals surface area contributed by atoms with Crippen molar-refractivity contribution in [2.75, 3.05) is 39.4 Å². The first-order chi connectivity index (χ1) is 12.8. The molecule has 1 amide bonds. The first kappa shape index (κ1) is 23.5. The number of carbonyl (C=O) groups is 1. The van der Waals surface area contributed by atoms with Gasteiger partial charge in [-0.25, -0.2) is 4.79 Å². The van der Waals surface area contributed by atoms with Crippen molar-refractivity contribution in [3.8, 4) is 0 Å². The molecule has 0 aromatic rings. The van der Waals surface area contributed by atoms with Crippen LogP contribution in [0.3, 0.4) is 0 Å². The second-order valence-electron chi connectivity index (χ2n) is 8.20. The average molecular weight is 385 g/mol. The van der Waals surface area contributed by atoms with Crippen molar-refractivity contribution in [3.05, 3.63) is 0 Å². The molecular formula is C20H40N4O3. The smallest absolute Gasteiger partial charge is 0.407 e. The summed E-state index contributed by atoms with van der Waals surface area (Å²) in [6, 6.07) is 0. The third-order valence-electron chi connectivity index (χ3n) is 4.65. The Kier molecular flexibility index (Phi) is 10.5. The molecule has 0 atom stereocenters. The molecule has 7 heteroatoms. The van der Waals surface area contributed by atoms with E-state index in [1.165, 1.54) is 25.7 Å². The van der Waals surface area contributed by atoms with Gasteiger partial charge in [0.2, 0.25) is 0 Å². The summed E-state index contributed by atoms with van der Waals surface area (Å²) in [5.74, 6) is 0.797. The van der Waals surface area contributed by atoms with Gasteiger partial charge in [0.25, 0.3) is 0 Å². The predicted molar refractivity (Wildman–Crippen MR) is 110 cm³/mol. The van der Waals surface area contributed by atoms with Gasteiger partial charge >= 0.3 is 6.09 Å². The maximum Gasteiger partial charge on any atom is 0.407 e. The summed E-state index contributed by atoms with van der Waals surface area (Å²) in [5, 5.41) is 9.32. The lowest BCUT2D eigenvalue weighted by Gasteiger charge is -2.27. The summed E-state index contributed by atoms with van der Waals surface area (Å²) in [7, 11) is 0. The van der Waals surface area contributed by atoms with Crippen molar-refractivity contribution < 1.29 is 14.3 Å². The van der Waals surface area contributed by atoms with Gasteiger partial charge in [0, 0.05) is 39.4 Å². The van der Waals surface area contributed by atoms with E-state index < -0.39 is 11.7 Å². The third-order valence-corrected chi connectivity index (χ3v) is 4.65. The van der Waals surface area contributed by atoms with E-state index in [9.17, 15) is 4.79 Å². The molecular weight excluding hydrogens is 344 g/mol. The first-order valence-corrected chi connectivity index (χ1v) is 10.4. The Morgan fingerprint density at radius 3 is 2.33 bits per heavy atom. The van der Waals surface area contributed by atoms with Crippen LogP contribution in [-0.2, 0) is 9.47 Å². The monoisotopic (exact) mass is 384 g/mol. The second-order valence-corrected chi connectivity index (χ2v) is 8.20. The van der Waals surface area contributed by atoms with Crippen molar-refractivity contribution in [3.63, 3.8) is 0 Å². The quantitative estimate of drug-likeness (QED) is 0.306. The number of nitrogens with zero attached hydrogens (tertiary/aromatic N) is 1. The highest BCUT2D eigenvalue weighted by molar-refractivity contribution is 5.79. The predicted octanol–water partition coefficient (Wildman–Crippen LogP) is 3.05. The van der Waals surface area contributed by atoms with Crippen LogP contribution in [0.1, 0.15) is 66.7 Å². The molecule has 1 aliphatic carbocycles. The van der Waals surface area contributed by atoms with Crippen LogP contribution >= 0.6 is 0 Å². The van der Waals surface area contributed by atoms with Crippen LogP contribution in [0.4, 0.5) is 4.79 Å². The topological polar surface area (TPSA) is 84.0 Å². The Labute approximate surface area is 165 Å². The van der Waals surface area contributed by atoms with E-state index in [0.29, 0.717) is 13.1 Å². The van der Waals surface area contributed by atoms with E-state index in [1.807, 2.05) is 27.7 Å². The number of hydrogen-bond acceptors (Lipinski definition) is 4. The summed E-state index contributed by atoms with van der Waals surface area (Å²) < 4.78 is 10.8. The molecule has 158 valence electrons. The maximum absolute atomic E-state index is 11.7. The zero-order valence-corrected chi connectivity index (χ0v) is 18.0. The molecule has 7 nitrogen and oxygen atoms in total. The molecule has 1 fully saturated rings. The molecule has 27 heavy (non-hydrogen) atoms. The molecule has 0 spiro atoms. The van der Waals surface area contributed by atoms with Crippen molar-refractivity contribution in [2.45, 2.75) is 72.3 Å². The minimum Gasteiger partial charge on any atom is -0.444 e. The normalized spacial score (nSPS) is 16.9. The van der Waals surface area contributed by atoms with Gasteiger partial charge in [-0.1, -0.05) is 12.8 Å². The van der Waals surface area contributed by atoms with Gasteiger partial charge in [-0.05, 0) is 59.3 Å². The highest BCUT2D eigenvalue weighted by Crippen LogP contribution is 2.41. The minimum atomic E-state index is -0.481. The van der Waals surface area contributed by atoms with Crippen LogP contribution in [0.5, 0.6) is 0 Å². The maximum atomic E-state index is 11.7. The number of rotatable bonds is 10. The first-order valence-electron chi connectivity index (χ1n) is 10.4. The fourth-order valence-electron chi connectivity index (χ4n) is 3.29. The number of carbonyl (C=O) groups excluding carboxylic acids is 1. The van der Waals surface area contributed by atoms with E-state index in [2.05, 4.69) is 22.9 Å². The van der Waals surface area contributed by atoms with Crippen LogP contribution in [0.15, 0.2) is 4.99 Å². The van der Waals surface area contributed by atoms with Gasteiger partial charge in [0.15, 0.2) is 5.96 Å². The fourth-order valence-corrected chi connectivity index (χ4v) is 3.29. The van der Waals surface area contributed by atoms with E-state index in [0.717, 1.165) is 38.7 Å². The Morgan fingerprint density at radius 2 is 1.74 bits per heavy atom. The molecule has 0 aromatic heterocycles. The number of ether oxygens (including phenoxy) is 2. The molecule has 0 aromatic carbocycles. The summed E-state index contributed by atoms with van der Waals surface area (Å²) >= 11 is 0. The van der Waals surface area contributed by atoms with E-state index >= 15 is 0 Å². The van der Waals surface area contributed by atoms with Crippen molar-refractivity contribution in [1.29, 1.82) is 0 Å². The van der Waals surface area contributed by atoms with Gasteiger partial charge in [-0.2, -0.15) is 0 Å². The largest absolute Gasteiger partial charge is 0.444 e. The summed E-state index contributed by atoms with van der Waals surface area (Å²) in [4.78, 5) is 16.5. The lowest BCUT2D eigenvalue weighted by molar-refractivity contribution is 0.0529. The molecule has 0 heterocycles. The molecule has 0 unspecified atom stereocenters. The SMILES string of the molecule is CCNC(=NCC1(CCOCC)CCCC1)NCCNC(=O)OC(C)(C)C. The van der Waals surface area contributed by atoms with Gasteiger partial charge in [-0.3, -0.25) is 4.99 Å². The van der Waals surface area contributed by atoms with Crippen molar-refractivity contribution in [2.24, 2.45) is 10.4 Å². The number of amides is 1. The Balaban J connectivity index is 2.45. The van der Waals surface area contributed by atoms with Crippen LogP contribution in [0, 0.1) is 5.41 Å². The number of aliphatic imine (C=N–C) groups is 1. The van der Waals surface area contributed by atoms with E-state index in [-0.39, 0.29) is 5.41 Å². The van der Waals surface area contributed by atoms with Crippen LogP contribution < -0.4 is 16.0 Å². The third kappa shape index (κ3) is 10.4. The van der Waals surface area contributed by atoms with Gasteiger partial charge in [0.1, 0.15) is 5.60 Å². The lowest BCUT2D eigenvalue weighted by Crippen LogP contribution is -2.43. The highest BCUT2D eigenvalue weighted by Gasteiger charge is 2.33. The van der Waals surface area contributed by atoms with Gasteiger partial charge < -0.3 is 25.4 Å². The number of nitrogens with one attached hydrogen (secondary N) is 3. The number of guanidine groups is 1. The molecule has 1 aliphatic rings. The molecule has 1 saturated carbocycles. The summed E-state index contributed by atoms with van der Waals surface area (Å²) in [5.41, 5.74) is -0.211. The molecule has 0 saturated heterocycles. The van der Waals surface area contributed by atoms with E-state index in [4.69, 9.17) is 14.5 Å². The number of alkyl carbamates (subject to hydrolysis) is 1. The fraction of sp³-hybridized carbons (Fsp3) is 0.900. The average Bonchev–Trinajstić information content (AvgIpc) is 3.04. The molecule has 3 N–H and O–H groups in total.